The SMILES string of the molecule is CNC(=O)[C@H]1CN(C(=O)C2CCN(c3ncc(C(F)(F)F)cc3Cl)CC2)c2ccccc2O1. The van der Waals surface area contributed by atoms with Crippen molar-refractivity contribution in [2.75, 3.05) is 36.5 Å². The third kappa shape index (κ3) is 4.71. The first-order chi connectivity index (χ1) is 15.7. The first-order valence-electron chi connectivity index (χ1n) is 10.5. The number of aromatic nitrogens is 1. The fraction of sp³-hybridized carbons (Fsp3) is 0.409. The second-order valence-electron chi connectivity index (χ2n) is 7.93. The quantitative estimate of drug-likeness (QED) is 0.724. The first-order valence-corrected chi connectivity index (χ1v) is 10.8. The van der Waals surface area contributed by atoms with Crippen LogP contribution in [0.5, 0.6) is 5.75 Å². The maximum Gasteiger partial charge on any atom is 0.417 e. The molecule has 1 N–H and O–H groups in total. The Labute approximate surface area is 193 Å². The lowest BCUT2D eigenvalue weighted by molar-refractivity contribution is -0.137. The van der Waals surface area contributed by atoms with Crippen LogP contribution >= 0.6 is 11.6 Å². The summed E-state index contributed by atoms with van der Waals surface area (Å²) in [7, 11) is 1.51. The maximum atomic E-state index is 13.4. The summed E-state index contributed by atoms with van der Waals surface area (Å²) in [4.78, 5) is 32.8. The molecule has 2 aromatic rings. The second-order valence-corrected chi connectivity index (χ2v) is 8.33. The van der Waals surface area contributed by atoms with Crippen molar-refractivity contribution in [1.82, 2.24) is 10.3 Å². The minimum absolute atomic E-state index is 0.0786. The third-order valence-corrected chi connectivity index (χ3v) is 6.15. The molecule has 1 aromatic carbocycles. The van der Waals surface area contributed by atoms with Crippen LogP contribution in [-0.4, -0.2) is 49.6 Å². The predicted molar refractivity (Wildman–Crippen MR) is 116 cm³/mol. The second kappa shape index (κ2) is 9.09. The number of piperidine rings is 1. The number of hydrogen-bond donors (Lipinski definition) is 1. The van der Waals surface area contributed by atoms with Crippen molar-refractivity contribution >= 4 is 34.9 Å². The number of rotatable bonds is 3. The molecule has 33 heavy (non-hydrogen) atoms. The molecule has 1 saturated heterocycles. The number of ether oxygens (including phenoxy) is 1. The van der Waals surface area contributed by atoms with Crippen molar-refractivity contribution in [3.63, 3.8) is 0 Å². The average Bonchev–Trinajstić information content (AvgIpc) is 2.82. The van der Waals surface area contributed by atoms with Gasteiger partial charge in [-0.25, -0.2) is 4.98 Å². The van der Waals surface area contributed by atoms with Crippen molar-refractivity contribution < 1.29 is 27.5 Å². The van der Waals surface area contributed by atoms with Gasteiger partial charge >= 0.3 is 6.18 Å². The Morgan fingerprint density at radius 1 is 1.21 bits per heavy atom. The van der Waals surface area contributed by atoms with Crippen LogP contribution < -0.4 is 19.9 Å². The largest absolute Gasteiger partial charge is 0.477 e. The van der Waals surface area contributed by atoms with Crippen molar-refractivity contribution in [2.24, 2.45) is 5.92 Å². The molecular weight excluding hydrogens is 461 g/mol. The lowest BCUT2D eigenvalue weighted by atomic mass is 9.94. The van der Waals surface area contributed by atoms with E-state index in [2.05, 4.69) is 10.3 Å². The van der Waals surface area contributed by atoms with Crippen LogP contribution in [0.3, 0.4) is 0 Å². The number of carbonyl (C=O) groups is 2. The number of halogens is 4. The van der Waals surface area contributed by atoms with Gasteiger partial charge in [-0.1, -0.05) is 23.7 Å². The number of fused-ring (bicyclic) bond motifs is 1. The molecule has 11 heteroatoms. The maximum absolute atomic E-state index is 13.4. The Morgan fingerprint density at radius 3 is 2.55 bits per heavy atom. The minimum atomic E-state index is -4.52. The van der Waals surface area contributed by atoms with Gasteiger partial charge in [0.05, 0.1) is 22.8 Å². The molecule has 0 bridgehead atoms. The van der Waals surface area contributed by atoms with E-state index >= 15 is 0 Å². The smallest absolute Gasteiger partial charge is 0.417 e. The van der Waals surface area contributed by atoms with Gasteiger partial charge in [-0.15, -0.1) is 0 Å². The van der Waals surface area contributed by atoms with Crippen LogP contribution in [0.4, 0.5) is 24.7 Å². The molecule has 3 heterocycles. The summed E-state index contributed by atoms with van der Waals surface area (Å²) in [5, 5.41) is 2.47. The highest BCUT2D eigenvalue weighted by atomic mass is 35.5. The summed E-state index contributed by atoms with van der Waals surface area (Å²) in [6.45, 7) is 0.931. The lowest BCUT2D eigenvalue weighted by Gasteiger charge is -2.38. The van der Waals surface area contributed by atoms with Gasteiger partial charge in [0.15, 0.2) is 6.10 Å². The topological polar surface area (TPSA) is 74.8 Å². The molecule has 0 unspecified atom stereocenters. The zero-order chi connectivity index (χ0) is 23.8. The van der Waals surface area contributed by atoms with Gasteiger partial charge < -0.3 is 19.9 Å². The number of hydrogen-bond acceptors (Lipinski definition) is 5. The summed E-state index contributed by atoms with van der Waals surface area (Å²) < 4.78 is 44.4. The zero-order valence-electron chi connectivity index (χ0n) is 17.7. The highest BCUT2D eigenvalue weighted by molar-refractivity contribution is 6.33. The highest BCUT2D eigenvalue weighted by Gasteiger charge is 2.38. The van der Waals surface area contributed by atoms with Gasteiger partial charge in [0.2, 0.25) is 5.91 Å². The van der Waals surface area contributed by atoms with E-state index in [0.29, 0.717) is 37.4 Å². The van der Waals surface area contributed by atoms with Gasteiger partial charge in [0.1, 0.15) is 11.6 Å². The van der Waals surface area contributed by atoms with E-state index in [0.717, 1.165) is 12.3 Å². The molecule has 0 spiro atoms. The lowest BCUT2D eigenvalue weighted by Crippen LogP contribution is -2.52. The number of nitrogens with zero attached hydrogens (tertiary/aromatic N) is 3. The van der Waals surface area contributed by atoms with E-state index < -0.39 is 17.8 Å². The minimum Gasteiger partial charge on any atom is -0.477 e. The van der Waals surface area contributed by atoms with E-state index in [1.54, 1.807) is 34.1 Å². The van der Waals surface area contributed by atoms with E-state index in [1.165, 1.54) is 7.05 Å². The molecule has 2 amide bonds. The van der Waals surface area contributed by atoms with Crippen LogP contribution in [-0.2, 0) is 15.8 Å². The predicted octanol–water partition coefficient (Wildman–Crippen LogP) is 3.51. The molecular formula is C22H22ClF3N4O3. The van der Waals surface area contributed by atoms with E-state index in [9.17, 15) is 22.8 Å². The molecule has 1 fully saturated rings. The monoisotopic (exact) mass is 482 g/mol. The molecule has 0 saturated carbocycles. The van der Waals surface area contributed by atoms with Crippen molar-refractivity contribution in [1.29, 1.82) is 0 Å². The van der Waals surface area contributed by atoms with Crippen molar-refractivity contribution in [2.45, 2.75) is 25.1 Å². The van der Waals surface area contributed by atoms with Gasteiger partial charge in [0, 0.05) is 32.3 Å². The summed E-state index contributed by atoms with van der Waals surface area (Å²) in [6.07, 6.45) is -3.62. The van der Waals surface area contributed by atoms with Crippen molar-refractivity contribution in [3.05, 3.63) is 47.1 Å². The molecule has 7 nitrogen and oxygen atoms in total. The Bertz CT molecular complexity index is 1060. The molecule has 4 rings (SSSR count). The van der Waals surface area contributed by atoms with E-state index in [4.69, 9.17) is 16.3 Å². The van der Waals surface area contributed by atoms with Crippen LogP contribution in [0.1, 0.15) is 18.4 Å². The summed E-state index contributed by atoms with van der Waals surface area (Å²) in [6, 6.07) is 7.92. The van der Waals surface area contributed by atoms with Gasteiger partial charge in [0.25, 0.3) is 5.91 Å². The molecule has 2 aliphatic heterocycles. The van der Waals surface area contributed by atoms with Gasteiger partial charge in [-0.2, -0.15) is 13.2 Å². The number of para-hydroxylation sites is 2. The fourth-order valence-electron chi connectivity index (χ4n) is 4.12. The molecule has 1 aromatic heterocycles. The Kier molecular flexibility index (Phi) is 6.38. The molecule has 176 valence electrons. The normalized spacial score (nSPS) is 19.0. The number of amides is 2. The number of nitrogens with one attached hydrogen (secondary N) is 1. The van der Waals surface area contributed by atoms with Crippen LogP contribution in [0.15, 0.2) is 36.5 Å². The summed E-state index contributed by atoms with van der Waals surface area (Å²) >= 11 is 6.07. The average molecular weight is 483 g/mol. The van der Waals surface area contributed by atoms with E-state index in [1.807, 2.05) is 0 Å². The van der Waals surface area contributed by atoms with Crippen LogP contribution in [0, 0.1) is 5.92 Å². The van der Waals surface area contributed by atoms with E-state index in [-0.39, 0.29) is 35.1 Å². The Morgan fingerprint density at radius 2 is 1.91 bits per heavy atom. The highest BCUT2D eigenvalue weighted by Crippen LogP contribution is 2.37. The van der Waals surface area contributed by atoms with Gasteiger partial charge in [-0.05, 0) is 31.0 Å². The molecule has 2 aliphatic rings. The fourth-order valence-corrected chi connectivity index (χ4v) is 4.40. The number of alkyl halides is 3. The number of likely N-dealkylation sites (N-methyl/N-ethyl adjacent to an activating group) is 1. The molecule has 0 aliphatic carbocycles. The number of benzene rings is 1. The Balaban J connectivity index is 1.47. The van der Waals surface area contributed by atoms with Gasteiger partial charge in [-0.3, -0.25) is 9.59 Å². The first kappa shape index (κ1) is 23.2. The molecule has 0 radical (unpaired) electrons. The molecule has 1 atom stereocenters. The Hall–Kier alpha value is -3.01. The summed E-state index contributed by atoms with van der Waals surface area (Å²) in [5.41, 5.74) is -0.296. The van der Waals surface area contributed by atoms with Crippen molar-refractivity contribution in [3.8, 4) is 5.75 Å². The number of anilines is 2. The van der Waals surface area contributed by atoms with Crippen LogP contribution in [0.2, 0.25) is 5.02 Å². The third-order valence-electron chi connectivity index (χ3n) is 5.87. The number of pyridine rings is 1. The summed E-state index contributed by atoms with van der Waals surface area (Å²) in [5.74, 6) is -0.0206. The standard InChI is InChI=1S/C22H22ClF3N4O3/c1-27-20(31)18-12-30(16-4-2-3-5-17(16)33-18)21(32)13-6-8-29(9-7-13)19-15(23)10-14(11-28-19)22(24,25)26/h2-5,10-11,13,18H,6-9,12H2,1H3,(H,27,31)/t18-/m1/s1. The van der Waals surface area contributed by atoms with Crippen LogP contribution in [0.25, 0.3) is 0 Å². The zero-order valence-corrected chi connectivity index (χ0v) is 18.5. The number of carbonyl (C=O) groups excluding carboxylic acids is 2.